The van der Waals surface area contributed by atoms with Gasteiger partial charge in [0.15, 0.2) is 0 Å². The lowest BCUT2D eigenvalue weighted by Crippen LogP contribution is -2.00. The van der Waals surface area contributed by atoms with Crippen molar-refractivity contribution in [2.45, 2.75) is 6.73 Å². The third-order valence-electron chi connectivity index (χ3n) is 1.86. The molecule has 0 atom stereocenters. The monoisotopic (exact) mass is 240 g/mol. The number of fused-ring (bicyclic) bond motifs is 1. The smallest absolute Gasteiger partial charge is 0.139 e. The van der Waals surface area contributed by atoms with Crippen molar-refractivity contribution in [3.05, 3.63) is 28.9 Å². The molecule has 0 amide bonds. The van der Waals surface area contributed by atoms with Gasteiger partial charge in [-0.05, 0) is 18.2 Å². The summed E-state index contributed by atoms with van der Waals surface area (Å²) in [7, 11) is 1.66. The average molecular weight is 241 g/mol. The van der Waals surface area contributed by atoms with Gasteiger partial charge in [0.05, 0.1) is 11.7 Å². The lowest BCUT2D eigenvalue weighted by atomic mass is 10.3. The summed E-state index contributed by atoms with van der Waals surface area (Å²) in [6, 6.07) is 6.05. The lowest BCUT2D eigenvalue weighted by molar-refractivity contribution is 0.124. The summed E-state index contributed by atoms with van der Waals surface area (Å²) in [5, 5.41) is 5.31. The van der Waals surface area contributed by atoms with Gasteiger partial charge in [0.2, 0.25) is 0 Å². The molecule has 0 aliphatic rings. The third-order valence-corrected chi connectivity index (χ3v) is 2.35. The van der Waals surface area contributed by atoms with Crippen molar-refractivity contribution in [2.24, 2.45) is 0 Å². The highest BCUT2D eigenvalue weighted by atomic mass is 79.9. The second-order valence-electron chi connectivity index (χ2n) is 2.77. The van der Waals surface area contributed by atoms with E-state index in [0.717, 1.165) is 15.4 Å². The van der Waals surface area contributed by atoms with Crippen LogP contribution in [0.4, 0.5) is 0 Å². The zero-order valence-corrected chi connectivity index (χ0v) is 8.78. The maximum Gasteiger partial charge on any atom is 0.139 e. The van der Waals surface area contributed by atoms with Crippen LogP contribution in [0.2, 0.25) is 0 Å². The number of aromatic nitrogens is 2. The first-order chi connectivity index (χ1) is 6.31. The van der Waals surface area contributed by atoms with Crippen molar-refractivity contribution in [1.29, 1.82) is 0 Å². The van der Waals surface area contributed by atoms with Crippen LogP contribution in [0.25, 0.3) is 10.9 Å². The molecule has 0 bridgehead atoms. The predicted molar refractivity (Wildman–Crippen MR) is 54.4 cm³/mol. The van der Waals surface area contributed by atoms with E-state index in [9.17, 15) is 0 Å². The van der Waals surface area contributed by atoms with Gasteiger partial charge in [0, 0.05) is 17.0 Å². The van der Waals surface area contributed by atoms with Crippen molar-refractivity contribution in [3.8, 4) is 0 Å². The molecular formula is C9H9BrN2O. The molecule has 2 rings (SSSR count). The SMILES string of the molecule is COCn1ncc2cc(Br)ccc21. The highest BCUT2D eigenvalue weighted by Crippen LogP contribution is 2.19. The van der Waals surface area contributed by atoms with Gasteiger partial charge in [-0.2, -0.15) is 5.10 Å². The molecule has 3 nitrogen and oxygen atoms in total. The summed E-state index contributed by atoms with van der Waals surface area (Å²) < 4.78 is 7.90. The molecule has 0 spiro atoms. The fourth-order valence-corrected chi connectivity index (χ4v) is 1.66. The first-order valence-electron chi connectivity index (χ1n) is 3.91. The van der Waals surface area contributed by atoms with E-state index in [0.29, 0.717) is 6.73 Å². The van der Waals surface area contributed by atoms with E-state index >= 15 is 0 Å². The Hall–Kier alpha value is -0.870. The average Bonchev–Trinajstić information content (AvgIpc) is 2.49. The van der Waals surface area contributed by atoms with Crippen LogP contribution in [0, 0.1) is 0 Å². The van der Waals surface area contributed by atoms with Crippen LogP contribution in [0.5, 0.6) is 0 Å². The summed E-state index contributed by atoms with van der Waals surface area (Å²) in [5.74, 6) is 0. The minimum absolute atomic E-state index is 0.491. The zero-order chi connectivity index (χ0) is 9.26. The Morgan fingerprint density at radius 1 is 1.54 bits per heavy atom. The number of ether oxygens (including phenoxy) is 1. The van der Waals surface area contributed by atoms with E-state index in [1.165, 1.54) is 0 Å². The van der Waals surface area contributed by atoms with Gasteiger partial charge in [-0.25, -0.2) is 4.68 Å². The number of halogens is 1. The molecule has 4 heteroatoms. The molecular weight excluding hydrogens is 232 g/mol. The molecule has 0 aliphatic heterocycles. The molecule has 0 radical (unpaired) electrons. The van der Waals surface area contributed by atoms with Crippen LogP contribution in [0.15, 0.2) is 28.9 Å². The van der Waals surface area contributed by atoms with Crippen LogP contribution in [0.3, 0.4) is 0 Å². The van der Waals surface area contributed by atoms with Crippen molar-refractivity contribution >= 4 is 26.8 Å². The molecule has 0 aliphatic carbocycles. The topological polar surface area (TPSA) is 27.1 Å². The van der Waals surface area contributed by atoms with E-state index in [4.69, 9.17) is 4.74 Å². The van der Waals surface area contributed by atoms with E-state index < -0.39 is 0 Å². The zero-order valence-electron chi connectivity index (χ0n) is 7.20. The molecule has 0 saturated heterocycles. The second-order valence-corrected chi connectivity index (χ2v) is 3.68. The molecule has 0 N–H and O–H groups in total. The number of nitrogens with zero attached hydrogens (tertiary/aromatic N) is 2. The Kier molecular flexibility index (Phi) is 2.33. The van der Waals surface area contributed by atoms with E-state index in [2.05, 4.69) is 21.0 Å². The summed E-state index contributed by atoms with van der Waals surface area (Å²) in [5.41, 5.74) is 1.09. The number of benzene rings is 1. The van der Waals surface area contributed by atoms with Crippen LogP contribution in [0.1, 0.15) is 0 Å². The van der Waals surface area contributed by atoms with Crippen molar-refractivity contribution in [1.82, 2.24) is 9.78 Å². The quantitative estimate of drug-likeness (QED) is 0.807. The molecule has 1 aromatic heterocycles. The van der Waals surface area contributed by atoms with Gasteiger partial charge in [-0.15, -0.1) is 0 Å². The van der Waals surface area contributed by atoms with E-state index in [1.54, 1.807) is 7.11 Å². The Balaban J connectivity index is 2.55. The molecule has 0 fully saturated rings. The summed E-state index contributed by atoms with van der Waals surface area (Å²) in [6.45, 7) is 0.491. The van der Waals surface area contributed by atoms with Gasteiger partial charge in [0.25, 0.3) is 0 Å². The Bertz CT molecular complexity index is 424. The van der Waals surface area contributed by atoms with E-state index in [-0.39, 0.29) is 0 Å². The molecule has 2 aromatic rings. The lowest BCUT2D eigenvalue weighted by Gasteiger charge is -2.00. The molecule has 0 unspecified atom stereocenters. The largest absolute Gasteiger partial charge is 0.362 e. The fourth-order valence-electron chi connectivity index (χ4n) is 1.28. The molecule has 0 saturated carbocycles. The fraction of sp³-hybridized carbons (Fsp3) is 0.222. The number of methoxy groups -OCH3 is 1. The first-order valence-corrected chi connectivity index (χ1v) is 4.70. The maximum atomic E-state index is 5.01. The first kappa shape index (κ1) is 8.72. The van der Waals surface area contributed by atoms with Gasteiger partial charge >= 0.3 is 0 Å². The normalized spacial score (nSPS) is 10.9. The maximum absolute atomic E-state index is 5.01. The molecule has 1 heterocycles. The van der Waals surface area contributed by atoms with Gasteiger partial charge < -0.3 is 4.74 Å². The van der Waals surface area contributed by atoms with Crippen molar-refractivity contribution < 1.29 is 4.74 Å². The number of hydrogen-bond acceptors (Lipinski definition) is 2. The molecule has 68 valence electrons. The molecule has 13 heavy (non-hydrogen) atoms. The number of hydrogen-bond donors (Lipinski definition) is 0. The van der Waals surface area contributed by atoms with E-state index in [1.807, 2.05) is 29.1 Å². The second kappa shape index (κ2) is 3.47. The van der Waals surface area contributed by atoms with Crippen LogP contribution >= 0.6 is 15.9 Å². The van der Waals surface area contributed by atoms with Crippen LogP contribution < -0.4 is 0 Å². The highest BCUT2D eigenvalue weighted by Gasteiger charge is 2.01. The van der Waals surface area contributed by atoms with Gasteiger partial charge in [0.1, 0.15) is 6.73 Å². The summed E-state index contributed by atoms with van der Waals surface area (Å²) >= 11 is 3.41. The van der Waals surface area contributed by atoms with Crippen LogP contribution in [-0.4, -0.2) is 16.9 Å². The van der Waals surface area contributed by atoms with Gasteiger partial charge in [-0.3, -0.25) is 0 Å². The Labute approximate surface area is 84.4 Å². The highest BCUT2D eigenvalue weighted by molar-refractivity contribution is 9.10. The minimum Gasteiger partial charge on any atom is -0.362 e. The predicted octanol–water partition coefficient (Wildman–Crippen LogP) is 2.40. The third kappa shape index (κ3) is 1.59. The van der Waals surface area contributed by atoms with Crippen molar-refractivity contribution in [2.75, 3.05) is 7.11 Å². The molecule has 1 aromatic carbocycles. The number of rotatable bonds is 2. The summed E-state index contributed by atoms with van der Waals surface area (Å²) in [4.78, 5) is 0. The summed E-state index contributed by atoms with van der Waals surface area (Å²) in [6.07, 6.45) is 1.83. The Morgan fingerprint density at radius 3 is 3.15 bits per heavy atom. The van der Waals surface area contributed by atoms with Crippen molar-refractivity contribution in [3.63, 3.8) is 0 Å². The van der Waals surface area contributed by atoms with Gasteiger partial charge in [-0.1, -0.05) is 15.9 Å². The van der Waals surface area contributed by atoms with Crippen LogP contribution in [-0.2, 0) is 11.5 Å². The minimum atomic E-state index is 0.491. The standard InChI is InChI=1S/C9H9BrN2O/c1-13-6-12-9-3-2-8(10)4-7(9)5-11-12/h2-5H,6H2,1H3. The Morgan fingerprint density at radius 2 is 2.38 bits per heavy atom.